The smallest absolute Gasteiger partial charge is 0.194 e. The molecule has 1 unspecified atom stereocenters. The van der Waals surface area contributed by atoms with Crippen molar-refractivity contribution < 1.29 is 19.3 Å². The molecule has 4 nitrogen and oxygen atoms in total. The minimum absolute atomic E-state index is 0.262. The monoisotopic (exact) mass is 213 g/mol. The van der Waals surface area contributed by atoms with E-state index in [9.17, 15) is 9.50 Å². The fourth-order valence-corrected chi connectivity index (χ4v) is 1.58. The maximum Gasteiger partial charge on any atom is 0.194 e. The predicted octanol–water partition coefficient (Wildman–Crippen LogP) is 0.898. The third kappa shape index (κ3) is 1.88. The largest absolute Gasteiger partial charge is 0.504 e. The van der Waals surface area contributed by atoms with Gasteiger partial charge in [0.25, 0.3) is 0 Å². The number of hydrogen-bond acceptors (Lipinski definition) is 4. The van der Waals surface area contributed by atoms with Gasteiger partial charge >= 0.3 is 0 Å². The Morgan fingerprint density at radius 2 is 2.20 bits per heavy atom. The normalized spacial score (nSPS) is 21.5. The summed E-state index contributed by atoms with van der Waals surface area (Å²) in [7, 11) is 0. The molecule has 1 heterocycles. The van der Waals surface area contributed by atoms with E-state index in [1.165, 1.54) is 12.1 Å². The Morgan fingerprint density at radius 1 is 1.40 bits per heavy atom. The quantitative estimate of drug-likeness (QED) is 0.606. The van der Waals surface area contributed by atoms with Crippen LogP contribution < -0.4 is 5.32 Å². The van der Waals surface area contributed by atoms with Gasteiger partial charge in [0, 0.05) is 18.7 Å². The maximum atomic E-state index is 13.5. The number of phenols is 2. The zero-order valence-corrected chi connectivity index (χ0v) is 8.03. The molecule has 0 aromatic heterocycles. The van der Waals surface area contributed by atoms with Gasteiger partial charge in [-0.1, -0.05) is 0 Å². The van der Waals surface area contributed by atoms with Gasteiger partial charge in [-0.15, -0.1) is 0 Å². The maximum absolute atomic E-state index is 13.5. The van der Waals surface area contributed by atoms with E-state index in [2.05, 4.69) is 5.32 Å². The van der Waals surface area contributed by atoms with Gasteiger partial charge in [-0.3, -0.25) is 0 Å². The molecule has 1 fully saturated rings. The van der Waals surface area contributed by atoms with E-state index in [0.29, 0.717) is 13.2 Å². The van der Waals surface area contributed by atoms with Gasteiger partial charge in [0.1, 0.15) is 0 Å². The summed E-state index contributed by atoms with van der Waals surface area (Å²) in [6.45, 7) is 1.75. The van der Waals surface area contributed by atoms with Crippen LogP contribution in [0.5, 0.6) is 11.5 Å². The van der Waals surface area contributed by atoms with Crippen LogP contribution in [0.3, 0.4) is 0 Å². The van der Waals surface area contributed by atoms with Crippen LogP contribution in [0.15, 0.2) is 12.1 Å². The van der Waals surface area contributed by atoms with Gasteiger partial charge in [0.2, 0.25) is 0 Å². The van der Waals surface area contributed by atoms with Crippen LogP contribution in [-0.2, 0) is 4.74 Å². The second-order valence-corrected chi connectivity index (χ2v) is 3.40. The van der Waals surface area contributed by atoms with Crippen LogP contribution in [0.25, 0.3) is 0 Å². The standard InChI is InChI=1S/C10H12FNO3/c11-9-6(1-2-7(13)10(9)14)8-5-12-3-4-15-8/h1-2,8,12-14H,3-5H2. The summed E-state index contributed by atoms with van der Waals surface area (Å²) in [5.74, 6) is -2.00. The first-order chi connectivity index (χ1) is 7.20. The third-order valence-corrected chi connectivity index (χ3v) is 2.40. The average Bonchev–Trinajstić information content (AvgIpc) is 2.27. The summed E-state index contributed by atoms with van der Waals surface area (Å²) in [5, 5.41) is 21.4. The van der Waals surface area contributed by atoms with Gasteiger partial charge in [0.05, 0.1) is 12.7 Å². The fourth-order valence-electron chi connectivity index (χ4n) is 1.58. The number of hydrogen-bond donors (Lipinski definition) is 3. The van der Waals surface area contributed by atoms with E-state index in [0.717, 1.165) is 6.54 Å². The fraction of sp³-hybridized carbons (Fsp3) is 0.400. The zero-order chi connectivity index (χ0) is 10.8. The van der Waals surface area contributed by atoms with Crippen molar-refractivity contribution in [3.05, 3.63) is 23.5 Å². The Labute approximate surface area is 86.3 Å². The summed E-state index contributed by atoms with van der Waals surface area (Å²) in [6, 6.07) is 2.67. The first kappa shape index (κ1) is 10.2. The molecule has 0 bridgehead atoms. The number of phenolic OH excluding ortho intramolecular Hbond substituents is 2. The molecule has 0 spiro atoms. The first-order valence-electron chi connectivity index (χ1n) is 4.73. The van der Waals surface area contributed by atoms with Gasteiger partial charge in [-0.25, -0.2) is 4.39 Å². The van der Waals surface area contributed by atoms with Crippen molar-refractivity contribution >= 4 is 0 Å². The molecule has 1 aromatic carbocycles. The molecule has 1 aliphatic rings. The van der Waals surface area contributed by atoms with E-state index in [1.54, 1.807) is 0 Å². The van der Waals surface area contributed by atoms with Crippen molar-refractivity contribution in [1.82, 2.24) is 5.32 Å². The molecule has 82 valence electrons. The highest BCUT2D eigenvalue weighted by molar-refractivity contribution is 5.43. The summed E-state index contributed by atoms with van der Waals surface area (Å²) in [6.07, 6.45) is -0.412. The first-order valence-corrected chi connectivity index (χ1v) is 4.73. The molecule has 15 heavy (non-hydrogen) atoms. The lowest BCUT2D eigenvalue weighted by Gasteiger charge is -2.24. The van der Waals surface area contributed by atoms with Crippen LogP contribution in [0, 0.1) is 5.82 Å². The molecule has 1 aliphatic heterocycles. The predicted molar refractivity (Wildman–Crippen MR) is 51.3 cm³/mol. The lowest BCUT2D eigenvalue weighted by atomic mass is 10.1. The van der Waals surface area contributed by atoms with E-state index < -0.39 is 23.4 Å². The van der Waals surface area contributed by atoms with Gasteiger partial charge in [0.15, 0.2) is 17.3 Å². The third-order valence-electron chi connectivity index (χ3n) is 2.40. The molecule has 0 amide bonds. The summed E-state index contributed by atoms with van der Waals surface area (Å²) >= 11 is 0. The van der Waals surface area contributed by atoms with Crippen molar-refractivity contribution in [1.29, 1.82) is 0 Å². The van der Waals surface area contributed by atoms with E-state index in [4.69, 9.17) is 9.84 Å². The van der Waals surface area contributed by atoms with E-state index in [1.807, 2.05) is 0 Å². The summed E-state index contributed by atoms with van der Waals surface area (Å²) < 4.78 is 18.9. The molecule has 2 rings (SSSR count). The number of rotatable bonds is 1. The molecule has 1 saturated heterocycles. The second-order valence-electron chi connectivity index (χ2n) is 3.40. The Morgan fingerprint density at radius 3 is 2.87 bits per heavy atom. The van der Waals surface area contributed by atoms with Gasteiger partial charge in [-0.2, -0.15) is 0 Å². The molecule has 1 aromatic rings. The molecule has 5 heteroatoms. The number of ether oxygens (including phenoxy) is 1. The highest BCUT2D eigenvalue weighted by Gasteiger charge is 2.22. The number of halogens is 1. The minimum atomic E-state index is -0.816. The van der Waals surface area contributed by atoms with Crippen molar-refractivity contribution in [2.24, 2.45) is 0 Å². The molecule has 0 saturated carbocycles. The molecule has 3 N–H and O–H groups in total. The highest BCUT2D eigenvalue weighted by Crippen LogP contribution is 2.33. The highest BCUT2D eigenvalue weighted by atomic mass is 19.1. The van der Waals surface area contributed by atoms with Gasteiger partial charge < -0.3 is 20.3 Å². The SMILES string of the molecule is Oc1ccc(C2CNCCO2)c(F)c1O. The molecular weight excluding hydrogens is 201 g/mol. The number of morpholine rings is 1. The molecule has 0 aliphatic carbocycles. The number of benzene rings is 1. The second kappa shape index (κ2) is 4.04. The lowest BCUT2D eigenvalue weighted by Crippen LogP contribution is -2.33. The van der Waals surface area contributed by atoms with Crippen molar-refractivity contribution in [3.8, 4) is 11.5 Å². The van der Waals surface area contributed by atoms with Crippen LogP contribution in [0.2, 0.25) is 0 Å². The van der Waals surface area contributed by atoms with E-state index >= 15 is 0 Å². The Balaban J connectivity index is 2.31. The van der Waals surface area contributed by atoms with Crippen molar-refractivity contribution in [2.45, 2.75) is 6.10 Å². The minimum Gasteiger partial charge on any atom is -0.504 e. The van der Waals surface area contributed by atoms with Gasteiger partial charge in [-0.05, 0) is 12.1 Å². The molecule has 0 radical (unpaired) electrons. The Hall–Kier alpha value is -1.33. The van der Waals surface area contributed by atoms with Crippen molar-refractivity contribution in [3.63, 3.8) is 0 Å². The molecular formula is C10H12FNO3. The number of nitrogens with one attached hydrogen (secondary N) is 1. The summed E-state index contributed by atoms with van der Waals surface area (Å²) in [5.41, 5.74) is 0.262. The Bertz CT molecular complexity index is 364. The Kier molecular flexibility index (Phi) is 2.75. The van der Waals surface area contributed by atoms with Crippen LogP contribution in [0.1, 0.15) is 11.7 Å². The van der Waals surface area contributed by atoms with Crippen LogP contribution in [0.4, 0.5) is 4.39 Å². The zero-order valence-electron chi connectivity index (χ0n) is 8.03. The number of aromatic hydroxyl groups is 2. The van der Waals surface area contributed by atoms with Crippen molar-refractivity contribution in [2.75, 3.05) is 19.7 Å². The lowest BCUT2D eigenvalue weighted by molar-refractivity contribution is 0.0252. The van der Waals surface area contributed by atoms with Crippen LogP contribution >= 0.6 is 0 Å². The molecule has 1 atom stereocenters. The average molecular weight is 213 g/mol. The topological polar surface area (TPSA) is 61.7 Å². The summed E-state index contributed by atoms with van der Waals surface area (Å²) in [4.78, 5) is 0. The van der Waals surface area contributed by atoms with Crippen LogP contribution in [-0.4, -0.2) is 29.9 Å². The van der Waals surface area contributed by atoms with E-state index in [-0.39, 0.29) is 5.56 Å².